The van der Waals surface area contributed by atoms with Gasteiger partial charge in [0.05, 0.1) is 0 Å². The molecule has 0 aliphatic carbocycles. The van der Waals surface area contributed by atoms with Crippen LogP contribution in [0.1, 0.15) is 31.9 Å². The summed E-state index contributed by atoms with van der Waals surface area (Å²) in [5.41, 5.74) is 1.63. The van der Waals surface area contributed by atoms with Crippen LogP contribution < -0.4 is 0 Å². The van der Waals surface area contributed by atoms with Gasteiger partial charge in [-0.15, -0.1) is 0 Å². The fourth-order valence-electron chi connectivity index (χ4n) is 1.53. The van der Waals surface area contributed by atoms with Gasteiger partial charge in [0, 0.05) is 23.5 Å². The summed E-state index contributed by atoms with van der Waals surface area (Å²) in [6.07, 6.45) is 2.99. The maximum Gasteiger partial charge on any atom is 0.222 e. The lowest BCUT2D eigenvalue weighted by molar-refractivity contribution is 0.561. The molecule has 1 heterocycles. The Hall–Kier alpha value is -1.50. The van der Waals surface area contributed by atoms with Gasteiger partial charge in [0.15, 0.2) is 0 Å². The summed E-state index contributed by atoms with van der Waals surface area (Å²) in [6.45, 7) is 5.48. The van der Waals surface area contributed by atoms with Gasteiger partial charge < -0.3 is 4.55 Å². The van der Waals surface area contributed by atoms with Crippen molar-refractivity contribution < 1.29 is 8.94 Å². The molecule has 2 aromatic rings. The average Bonchev–Trinajstić information content (AvgIpc) is 2.46. The van der Waals surface area contributed by atoms with Gasteiger partial charge in [-0.25, -0.2) is 14.4 Å². The molecule has 0 fully saturated rings. The van der Waals surface area contributed by atoms with E-state index in [0.717, 1.165) is 0 Å². The van der Waals surface area contributed by atoms with E-state index in [4.69, 9.17) is 11.6 Å². The number of benzene rings is 1. The zero-order chi connectivity index (χ0) is 16.3. The fraction of sp³-hybridized carbons (Fsp3) is 0.267. The van der Waals surface area contributed by atoms with Crippen molar-refractivity contribution in [1.82, 2.24) is 9.97 Å². The van der Waals surface area contributed by atoms with Crippen LogP contribution in [-0.2, 0) is 11.4 Å². The molecule has 1 aromatic carbocycles. The first-order valence-electron chi connectivity index (χ1n) is 6.52. The zero-order valence-electron chi connectivity index (χ0n) is 12.4. The van der Waals surface area contributed by atoms with E-state index >= 15 is 0 Å². The highest BCUT2D eigenvalue weighted by Crippen LogP contribution is 2.21. The van der Waals surface area contributed by atoms with Gasteiger partial charge >= 0.3 is 0 Å². The Morgan fingerprint density at radius 1 is 1.14 bits per heavy atom. The van der Waals surface area contributed by atoms with Crippen molar-refractivity contribution in [2.24, 2.45) is 4.40 Å². The number of nitrogens with zero attached hydrogens (tertiary/aromatic N) is 3. The molecule has 0 radical (unpaired) electrons. The summed E-state index contributed by atoms with van der Waals surface area (Å²) in [7, 11) is 0. The second kappa shape index (κ2) is 6.73. The molecule has 116 valence electrons. The molecular weight excluding hydrogens is 325 g/mol. The molecule has 4 nitrogen and oxygen atoms in total. The molecule has 0 spiro atoms. The lowest BCUT2D eigenvalue weighted by Gasteiger charge is -2.19. The van der Waals surface area contributed by atoms with Crippen LogP contribution in [0.15, 0.2) is 41.1 Å². The van der Waals surface area contributed by atoms with E-state index in [2.05, 4.69) is 14.4 Å². The highest BCUT2D eigenvalue weighted by Gasteiger charge is 2.28. The van der Waals surface area contributed by atoms with E-state index in [9.17, 15) is 8.94 Å². The maximum absolute atomic E-state index is 13.1. The van der Waals surface area contributed by atoms with Crippen LogP contribution in [0.5, 0.6) is 0 Å². The van der Waals surface area contributed by atoms with Crippen molar-refractivity contribution in [3.05, 3.63) is 58.9 Å². The number of halogens is 2. The van der Waals surface area contributed by atoms with E-state index < -0.39 is 16.1 Å². The summed E-state index contributed by atoms with van der Waals surface area (Å²) < 4.78 is 29.2. The molecule has 0 N–H and O–H groups in total. The van der Waals surface area contributed by atoms with Gasteiger partial charge in [0.1, 0.15) is 27.6 Å². The van der Waals surface area contributed by atoms with E-state index in [1.807, 2.05) is 20.8 Å². The predicted molar refractivity (Wildman–Crippen MR) is 87.0 cm³/mol. The summed E-state index contributed by atoms with van der Waals surface area (Å²) in [6, 6.07) is 5.79. The summed E-state index contributed by atoms with van der Waals surface area (Å²) in [5.74, 6) is -0.354. The SMILES string of the molecule is CC(C)(C)[S+]([O-])N=C(c1ccc(F)cc1)c1cnc(Cl)nc1. The largest absolute Gasteiger partial charge is 0.591 e. The first-order valence-corrected chi connectivity index (χ1v) is 8.00. The molecule has 0 amide bonds. The van der Waals surface area contributed by atoms with Crippen molar-refractivity contribution in [2.45, 2.75) is 25.5 Å². The Labute approximate surface area is 136 Å². The minimum absolute atomic E-state index is 0.110. The first kappa shape index (κ1) is 16.9. The van der Waals surface area contributed by atoms with Gasteiger partial charge in [-0.2, -0.15) is 0 Å². The van der Waals surface area contributed by atoms with Crippen molar-refractivity contribution in [3.63, 3.8) is 0 Å². The fourth-order valence-corrected chi connectivity index (χ4v) is 2.28. The molecule has 0 bridgehead atoms. The first-order chi connectivity index (χ1) is 10.3. The smallest absolute Gasteiger partial charge is 0.222 e. The Bertz CT molecular complexity index is 621. The van der Waals surface area contributed by atoms with Gasteiger partial charge in [-0.05, 0) is 56.6 Å². The van der Waals surface area contributed by atoms with Crippen molar-refractivity contribution in [3.8, 4) is 0 Å². The highest BCUT2D eigenvalue weighted by molar-refractivity contribution is 7.91. The molecule has 0 saturated carbocycles. The van der Waals surface area contributed by atoms with E-state index in [1.165, 1.54) is 24.5 Å². The highest BCUT2D eigenvalue weighted by atomic mass is 35.5. The summed E-state index contributed by atoms with van der Waals surface area (Å²) in [4.78, 5) is 7.83. The van der Waals surface area contributed by atoms with Crippen LogP contribution in [0.3, 0.4) is 0 Å². The topological polar surface area (TPSA) is 61.2 Å². The standard InChI is InChI=1S/C15H15ClFN3OS/c1-15(2,3)22(21)20-13(10-4-6-12(17)7-5-10)11-8-18-14(16)19-9-11/h4-9H,1-3H3. The monoisotopic (exact) mass is 339 g/mol. The molecule has 0 aliphatic heterocycles. The third-order valence-electron chi connectivity index (χ3n) is 2.71. The number of aromatic nitrogens is 2. The van der Waals surface area contributed by atoms with Crippen LogP contribution in [0.25, 0.3) is 0 Å². The van der Waals surface area contributed by atoms with E-state index in [-0.39, 0.29) is 11.1 Å². The Kier molecular flexibility index (Phi) is 5.16. The van der Waals surface area contributed by atoms with Crippen LogP contribution in [0, 0.1) is 5.82 Å². The van der Waals surface area contributed by atoms with Crippen molar-refractivity contribution >= 4 is 28.7 Å². The number of rotatable bonds is 3. The van der Waals surface area contributed by atoms with Crippen molar-refractivity contribution in [2.75, 3.05) is 0 Å². The molecule has 22 heavy (non-hydrogen) atoms. The third kappa shape index (κ3) is 4.25. The minimum Gasteiger partial charge on any atom is -0.591 e. The zero-order valence-corrected chi connectivity index (χ0v) is 14.0. The Balaban J connectivity index is 2.51. The van der Waals surface area contributed by atoms with Crippen LogP contribution in [-0.4, -0.2) is 25.0 Å². The molecule has 0 aliphatic rings. The molecular formula is C15H15ClFN3OS. The Morgan fingerprint density at radius 2 is 1.68 bits per heavy atom. The second-order valence-electron chi connectivity index (χ2n) is 5.55. The summed E-state index contributed by atoms with van der Waals surface area (Å²) >= 11 is 4.22. The van der Waals surface area contributed by atoms with E-state index in [1.54, 1.807) is 12.1 Å². The Morgan fingerprint density at radius 3 is 2.18 bits per heavy atom. The minimum atomic E-state index is -1.47. The molecule has 1 unspecified atom stereocenters. The molecule has 2 rings (SSSR count). The van der Waals surface area contributed by atoms with Gasteiger partial charge in [-0.1, -0.05) is 4.40 Å². The lowest BCUT2D eigenvalue weighted by atomic mass is 10.1. The van der Waals surface area contributed by atoms with E-state index in [0.29, 0.717) is 16.8 Å². The maximum atomic E-state index is 13.1. The summed E-state index contributed by atoms with van der Waals surface area (Å²) in [5, 5.41) is 0.110. The quantitative estimate of drug-likeness (QED) is 0.488. The average molecular weight is 340 g/mol. The van der Waals surface area contributed by atoms with Crippen LogP contribution >= 0.6 is 11.6 Å². The molecule has 1 atom stereocenters. The molecule has 1 aromatic heterocycles. The molecule has 0 saturated heterocycles. The molecule has 7 heteroatoms. The van der Waals surface area contributed by atoms with Crippen LogP contribution in [0.2, 0.25) is 5.28 Å². The second-order valence-corrected chi connectivity index (χ2v) is 7.79. The lowest BCUT2D eigenvalue weighted by Crippen LogP contribution is -2.27. The normalized spacial score (nSPS) is 14.0. The third-order valence-corrected chi connectivity index (χ3v) is 4.30. The van der Waals surface area contributed by atoms with Crippen molar-refractivity contribution in [1.29, 1.82) is 0 Å². The number of hydrogen-bond acceptors (Lipinski definition) is 4. The van der Waals surface area contributed by atoms with Gasteiger partial charge in [0.25, 0.3) is 0 Å². The van der Waals surface area contributed by atoms with Gasteiger partial charge in [0.2, 0.25) is 5.28 Å². The number of hydrogen-bond donors (Lipinski definition) is 0. The predicted octanol–water partition coefficient (Wildman–Crippen LogP) is 3.57. The van der Waals surface area contributed by atoms with Gasteiger partial charge in [-0.3, -0.25) is 0 Å². The van der Waals surface area contributed by atoms with Crippen LogP contribution in [0.4, 0.5) is 4.39 Å².